The molecule has 2 fully saturated rings. The van der Waals surface area contributed by atoms with Crippen molar-refractivity contribution < 1.29 is 4.79 Å². The summed E-state index contributed by atoms with van der Waals surface area (Å²) in [6.45, 7) is 5.00. The van der Waals surface area contributed by atoms with Crippen molar-refractivity contribution in [1.82, 2.24) is 24.7 Å². The molecular weight excluding hydrogens is 366 g/mol. The number of hydrogen-bond acceptors (Lipinski definition) is 4. The zero-order valence-electron chi connectivity index (χ0n) is 17.5. The third-order valence-corrected chi connectivity index (χ3v) is 6.37. The summed E-state index contributed by atoms with van der Waals surface area (Å²) in [7, 11) is 1.88. The number of amides is 1. The van der Waals surface area contributed by atoms with Crippen LogP contribution >= 0.6 is 0 Å². The van der Waals surface area contributed by atoms with Crippen LogP contribution in [-0.4, -0.2) is 59.2 Å². The number of fused-ring (bicyclic) bond motifs is 1. The quantitative estimate of drug-likeness (QED) is 0.691. The predicted octanol–water partition coefficient (Wildman–Crippen LogP) is 1.41. The van der Waals surface area contributed by atoms with Gasteiger partial charge in [0.25, 0.3) is 0 Å². The molecule has 2 aliphatic rings. The molecule has 29 heavy (non-hydrogen) atoms. The van der Waals surface area contributed by atoms with E-state index in [1.54, 1.807) is 4.57 Å². The van der Waals surface area contributed by atoms with Crippen LogP contribution in [0.4, 0.5) is 0 Å². The number of imidazole rings is 1. The smallest absolute Gasteiger partial charge is 0.329 e. The first-order chi connectivity index (χ1) is 14.1. The number of carbonyl (C=O) groups excluding carboxylic acids is 1. The van der Waals surface area contributed by atoms with E-state index in [4.69, 9.17) is 0 Å². The second-order valence-corrected chi connectivity index (χ2v) is 8.40. The lowest BCUT2D eigenvalue weighted by molar-refractivity contribution is -0.131. The minimum absolute atomic E-state index is 0.0894. The van der Waals surface area contributed by atoms with Crippen molar-refractivity contribution in [2.24, 2.45) is 7.05 Å². The summed E-state index contributed by atoms with van der Waals surface area (Å²) < 4.78 is 3.78. The first-order valence-electron chi connectivity index (χ1n) is 11.0. The van der Waals surface area contributed by atoms with Crippen molar-refractivity contribution in [2.75, 3.05) is 39.3 Å². The molecule has 1 aromatic heterocycles. The maximum Gasteiger partial charge on any atom is 0.329 e. The number of aromatic nitrogens is 2. The fourth-order valence-electron chi connectivity index (χ4n) is 4.66. The monoisotopic (exact) mass is 399 g/mol. The summed E-state index contributed by atoms with van der Waals surface area (Å²) in [5, 5.41) is 6.53. The molecule has 1 aromatic carbocycles. The molecule has 4 rings (SSSR count). The minimum Gasteiger partial charge on any atom is -0.340 e. The Hall–Kier alpha value is -2.12. The molecule has 2 aromatic rings. The van der Waals surface area contributed by atoms with Gasteiger partial charge in [0.05, 0.1) is 23.6 Å². The topological polar surface area (TPSA) is 71.3 Å². The van der Waals surface area contributed by atoms with Crippen molar-refractivity contribution >= 4 is 16.9 Å². The molecule has 0 bridgehead atoms. The van der Waals surface area contributed by atoms with Crippen molar-refractivity contribution in [3.05, 3.63) is 34.2 Å². The SMILES string of the molecule is Cn1c(=O)n(C2CCCNC2)c2ccc(CCCCCN3CCNCC3=O)cc21. The fraction of sp³-hybridized carbons (Fsp3) is 0.636. The molecule has 7 heteroatoms. The third kappa shape index (κ3) is 4.41. The minimum atomic E-state index is 0.0894. The Kier molecular flexibility index (Phi) is 6.35. The molecule has 1 unspecified atom stereocenters. The zero-order valence-corrected chi connectivity index (χ0v) is 17.5. The molecule has 2 aliphatic heterocycles. The Morgan fingerprint density at radius 1 is 1.07 bits per heavy atom. The normalized spacial score (nSPS) is 20.5. The lowest BCUT2D eigenvalue weighted by Gasteiger charge is -2.27. The maximum absolute atomic E-state index is 12.8. The van der Waals surface area contributed by atoms with Gasteiger partial charge in [-0.05, 0) is 56.3 Å². The largest absolute Gasteiger partial charge is 0.340 e. The van der Waals surface area contributed by atoms with E-state index in [1.807, 2.05) is 16.5 Å². The highest BCUT2D eigenvalue weighted by Crippen LogP contribution is 2.23. The number of carbonyl (C=O) groups is 1. The van der Waals surface area contributed by atoms with E-state index >= 15 is 0 Å². The summed E-state index contributed by atoms with van der Waals surface area (Å²) in [6.07, 6.45) is 6.46. The van der Waals surface area contributed by atoms with Gasteiger partial charge in [-0.2, -0.15) is 0 Å². The number of nitrogens with one attached hydrogen (secondary N) is 2. The second kappa shape index (κ2) is 9.13. The Labute approximate surface area is 172 Å². The van der Waals surface area contributed by atoms with Crippen LogP contribution in [0.3, 0.4) is 0 Å². The van der Waals surface area contributed by atoms with Gasteiger partial charge in [0.2, 0.25) is 5.91 Å². The summed E-state index contributed by atoms with van der Waals surface area (Å²) >= 11 is 0. The van der Waals surface area contributed by atoms with Crippen LogP contribution in [0.5, 0.6) is 0 Å². The van der Waals surface area contributed by atoms with Crippen molar-refractivity contribution in [1.29, 1.82) is 0 Å². The summed E-state index contributed by atoms with van der Waals surface area (Å²) in [5.74, 6) is 0.222. The van der Waals surface area contributed by atoms with Crippen LogP contribution in [0.15, 0.2) is 23.0 Å². The first kappa shape index (κ1) is 20.2. The van der Waals surface area contributed by atoms with Crippen LogP contribution in [0.1, 0.15) is 43.7 Å². The maximum atomic E-state index is 12.8. The third-order valence-electron chi connectivity index (χ3n) is 6.37. The number of unbranched alkanes of at least 4 members (excludes halogenated alkanes) is 2. The van der Waals surface area contributed by atoms with E-state index in [9.17, 15) is 9.59 Å². The van der Waals surface area contributed by atoms with E-state index in [-0.39, 0.29) is 17.6 Å². The molecule has 0 spiro atoms. The van der Waals surface area contributed by atoms with Crippen molar-refractivity contribution in [3.63, 3.8) is 0 Å². The number of hydrogen-bond donors (Lipinski definition) is 2. The molecule has 7 nitrogen and oxygen atoms in total. The van der Waals surface area contributed by atoms with E-state index in [0.717, 1.165) is 82.3 Å². The lowest BCUT2D eigenvalue weighted by atomic mass is 10.0. The van der Waals surface area contributed by atoms with Crippen LogP contribution < -0.4 is 16.3 Å². The number of rotatable bonds is 7. The van der Waals surface area contributed by atoms with Crippen LogP contribution in [-0.2, 0) is 18.3 Å². The predicted molar refractivity (Wildman–Crippen MR) is 115 cm³/mol. The first-order valence-corrected chi connectivity index (χ1v) is 11.0. The Bertz CT molecular complexity index is 910. The average molecular weight is 400 g/mol. The van der Waals surface area contributed by atoms with Gasteiger partial charge >= 0.3 is 5.69 Å². The average Bonchev–Trinajstić information content (AvgIpc) is 3.00. The Balaban J connectivity index is 1.36. The van der Waals surface area contributed by atoms with Gasteiger partial charge in [-0.1, -0.05) is 12.5 Å². The molecular formula is C22H33N5O2. The molecule has 1 amide bonds. The van der Waals surface area contributed by atoms with Gasteiger partial charge < -0.3 is 15.5 Å². The summed E-state index contributed by atoms with van der Waals surface area (Å²) in [4.78, 5) is 26.6. The van der Waals surface area contributed by atoms with E-state index < -0.39 is 0 Å². The Morgan fingerprint density at radius 3 is 2.76 bits per heavy atom. The van der Waals surface area contributed by atoms with E-state index in [2.05, 4.69) is 28.8 Å². The summed E-state index contributed by atoms with van der Waals surface area (Å²) in [5.41, 5.74) is 3.45. The van der Waals surface area contributed by atoms with Crippen LogP contribution in [0.25, 0.3) is 11.0 Å². The molecule has 0 saturated carbocycles. The van der Waals surface area contributed by atoms with E-state index in [0.29, 0.717) is 6.54 Å². The summed E-state index contributed by atoms with van der Waals surface area (Å²) in [6, 6.07) is 6.73. The molecule has 2 saturated heterocycles. The fourth-order valence-corrected chi connectivity index (χ4v) is 4.66. The highest BCUT2D eigenvalue weighted by atomic mass is 16.2. The Morgan fingerprint density at radius 2 is 1.97 bits per heavy atom. The molecule has 0 radical (unpaired) electrons. The van der Waals surface area contributed by atoms with Crippen LogP contribution in [0.2, 0.25) is 0 Å². The highest BCUT2D eigenvalue weighted by molar-refractivity contribution is 5.79. The number of piperazine rings is 1. The molecule has 1 atom stereocenters. The number of aryl methyl sites for hydroxylation is 2. The number of nitrogens with zero attached hydrogens (tertiary/aromatic N) is 3. The molecule has 2 N–H and O–H groups in total. The van der Waals surface area contributed by atoms with Gasteiger partial charge in [-0.15, -0.1) is 0 Å². The standard InChI is InChI=1S/C22H33N5O2/c1-25-20-14-17(6-3-2-4-12-26-13-11-24-16-21(26)28)8-9-19(20)27(22(25)29)18-7-5-10-23-15-18/h8-9,14,18,23-24H,2-7,10-13,15-16H2,1H3. The van der Waals surface area contributed by atoms with Crippen LogP contribution in [0, 0.1) is 0 Å². The van der Waals surface area contributed by atoms with Gasteiger partial charge in [0.15, 0.2) is 0 Å². The van der Waals surface area contributed by atoms with Gasteiger partial charge in [0, 0.05) is 33.2 Å². The number of benzene rings is 1. The van der Waals surface area contributed by atoms with Gasteiger partial charge in [0.1, 0.15) is 0 Å². The second-order valence-electron chi connectivity index (χ2n) is 8.40. The molecule has 0 aliphatic carbocycles. The zero-order chi connectivity index (χ0) is 20.2. The van der Waals surface area contributed by atoms with E-state index in [1.165, 1.54) is 5.56 Å². The number of piperidine rings is 1. The highest BCUT2D eigenvalue weighted by Gasteiger charge is 2.21. The van der Waals surface area contributed by atoms with Gasteiger partial charge in [-0.25, -0.2) is 4.79 Å². The molecule has 158 valence electrons. The van der Waals surface area contributed by atoms with Crippen molar-refractivity contribution in [2.45, 2.75) is 44.6 Å². The molecule has 3 heterocycles. The van der Waals surface area contributed by atoms with Crippen molar-refractivity contribution in [3.8, 4) is 0 Å². The lowest BCUT2D eigenvalue weighted by Crippen LogP contribution is -2.48. The van der Waals surface area contributed by atoms with Gasteiger partial charge in [-0.3, -0.25) is 13.9 Å².